The maximum Gasteiger partial charge on any atom is 0.235 e. The Morgan fingerprint density at radius 1 is 1.14 bits per heavy atom. The molecule has 3 rings (SSSR count). The summed E-state index contributed by atoms with van der Waals surface area (Å²) in [7, 11) is -3.26. The van der Waals surface area contributed by atoms with Crippen LogP contribution in [0.3, 0.4) is 0 Å². The zero-order valence-corrected chi connectivity index (χ0v) is 13.9. The summed E-state index contributed by atoms with van der Waals surface area (Å²) in [5.74, 6) is 2.62. The Hall–Kier alpha value is -0.580. The van der Waals surface area contributed by atoms with Gasteiger partial charge in [-0.15, -0.1) is 0 Å². The highest BCUT2D eigenvalue weighted by Crippen LogP contribution is 2.58. The molecule has 0 radical (unpaired) electrons. The summed E-state index contributed by atoms with van der Waals surface area (Å²) in [5, 5.41) is 3.03. The third kappa shape index (κ3) is 3.13. The minimum absolute atomic E-state index is 0.0736. The molecule has 3 saturated carbocycles. The number of carbonyl (C=O) groups excluding carboxylic acids is 1. The lowest BCUT2D eigenvalue weighted by molar-refractivity contribution is -0.119. The third-order valence-corrected chi connectivity index (χ3v) is 7.59. The molecule has 0 aromatic carbocycles. The molecule has 3 aliphatic rings. The summed E-state index contributed by atoms with van der Waals surface area (Å²) in [5.41, 5.74) is 0. The van der Waals surface area contributed by atoms with E-state index < -0.39 is 9.84 Å². The minimum Gasteiger partial charge on any atom is -0.352 e. The van der Waals surface area contributed by atoms with Gasteiger partial charge in [-0.3, -0.25) is 4.79 Å². The van der Waals surface area contributed by atoms with Crippen LogP contribution < -0.4 is 5.32 Å². The molecule has 0 saturated heterocycles. The van der Waals surface area contributed by atoms with Crippen molar-refractivity contribution >= 4 is 15.7 Å². The number of sulfone groups is 1. The number of hydrogen-bond donors (Lipinski definition) is 1. The Labute approximate surface area is 128 Å². The van der Waals surface area contributed by atoms with Crippen molar-refractivity contribution in [2.45, 2.75) is 52.0 Å². The summed E-state index contributed by atoms with van der Waals surface area (Å²) >= 11 is 0. The second-order valence-electron chi connectivity index (χ2n) is 7.78. The van der Waals surface area contributed by atoms with E-state index in [0.29, 0.717) is 5.92 Å². The van der Waals surface area contributed by atoms with Crippen molar-refractivity contribution < 1.29 is 13.2 Å². The first-order valence-corrected chi connectivity index (χ1v) is 10.2. The largest absolute Gasteiger partial charge is 0.352 e. The van der Waals surface area contributed by atoms with E-state index in [4.69, 9.17) is 0 Å². The number of rotatable bonds is 5. The average Bonchev–Trinajstić information content (AvgIpc) is 2.94. The van der Waals surface area contributed by atoms with E-state index in [1.165, 1.54) is 25.7 Å². The maximum absolute atomic E-state index is 12.1. The molecule has 3 aliphatic carbocycles. The Balaban J connectivity index is 1.55. The van der Waals surface area contributed by atoms with E-state index in [-0.39, 0.29) is 29.4 Å². The van der Waals surface area contributed by atoms with Crippen LogP contribution in [0, 0.1) is 29.6 Å². The lowest BCUT2D eigenvalue weighted by atomic mass is 9.79. The van der Waals surface area contributed by atoms with Gasteiger partial charge in [-0.1, -0.05) is 20.3 Å². The average molecular weight is 313 g/mol. The van der Waals surface area contributed by atoms with Crippen LogP contribution in [-0.4, -0.2) is 31.9 Å². The van der Waals surface area contributed by atoms with E-state index in [9.17, 15) is 13.2 Å². The van der Waals surface area contributed by atoms with E-state index in [2.05, 4.69) is 5.32 Å². The molecule has 2 bridgehead atoms. The van der Waals surface area contributed by atoms with Gasteiger partial charge in [0.25, 0.3) is 0 Å². The number of fused-ring (bicyclic) bond motifs is 5. The zero-order chi connectivity index (χ0) is 15.2. The fraction of sp³-hybridized carbons (Fsp3) is 0.938. The van der Waals surface area contributed by atoms with Gasteiger partial charge in [0.15, 0.2) is 9.84 Å². The molecule has 4 nitrogen and oxygen atoms in total. The van der Waals surface area contributed by atoms with Gasteiger partial charge in [0.1, 0.15) is 5.75 Å². The first-order valence-electron chi connectivity index (χ1n) is 8.35. The molecule has 5 heteroatoms. The van der Waals surface area contributed by atoms with Gasteiger partial charge in [0.05, 0.1) is 5.75 Å². The molecule has 0 aromatic heterocycles. The molecule has 0 heterocycles. The van der Waals surface area contributed by atoms with Gasteiger partial charge in [-0.25, -0.2) is 8.42 Å². The van der Waals surface area contributed by atoms with Gasteiger partial charge >= 0.3 is 0 Å². The van der Waals surface area contributed by atoms with Crippen molar-refractivity contribution in [2.24, 2.45) is 29.6 Å². The van der Waals surface area contributed by atoms with Crippen molar-refractivity contribution in [3.8, 4) is 0 Å². The van der Waals surface area contributed by atoms with Gasteiger partial charge < -0.3 is 5.32 Å². The molecule has 0 aromatic rings. The van der Waals surface area contributed by atoms with Crippen LogP contribution in [-0.2, 0) is 14.6 Å². The molecule has 5 atom stereocenters. The summed E-state index contributed by atoms with van der Waals surface area (Å²) in [6.45, 7) is 3.73. The molecule has 0 aliphatic heterocycles. The lowest BCUT2D eigenvalue weighted by Crippen LogP contribution is -2.44. The predicted molar refractivity (Wildman–Crippen MR) is 82.5 cm³/mol. The highest BCUT2D eigenvalue weighted by Gasteiger charge is 2.54. The van der Waals surface area contributed by atoms with Gasteiger partial charge in [-0.05, 0) is 55.3 Å². The molecule has 21 heavy (non-hydrogen) atoms. The maximum atomic E-state index is 12.1. The fourth-order valence-electron chi connectivity index (χ4n) is 5.25. The minimum atomic E-state index is -3.26. The van der Waals surface area contributed by atoms with Crippen molar-refractivity contribution in [1.29, 1.82) is 0 Å². The highest BCUT2D eigenvalue weighted by molar-refractivity contribution is 7.92. The van der Waals surface area contributed by atoms with Crippen LogP contribution in [0.4, 0.5) is 0 Å². The topological polar surface area (TPSA) is 63.2 Å². The molecular formula is C16H27NO3S. The van der Waals surface area contributed by atoms with Crippen LogP contribution in [0.2, 0.25) is 0 Å². The molecule has 3 fully saturated rings. The number of carbonyl (C=O) groups is 1. The lowest BCUT2D eigenvalue weighted by Gasteiger charge is -2.32. The predicted octanol–water partition coefficient (Wildman–Crippen LogP) is 2.00. The summed E-state index contributed by atoms with van der Waals surface area (Å²) in [6, 6.07) is 0.232. The second kappa shape index (κ2) is 5.56. The van der Waals surface area contributed by atoms with Gasteiger partial charge in [-0.2, -0.15) is 0 Å². The van der Waals surface area contributed by atoms with Crippen molar-refractivity contribution in [1.82, 2.24) is 5.32 Å². The molecule has 120 valence electrons. The van der Waals surface area contributed by atoms with Gasteiger partial charge in [0.2, 0.25) is 5.91 Å². The number of hydrogen-bond acceptors (Lipinski definition) is 3. The Morgan fingerprint density at radius 3 is 2.57 bits per heavy atom. The van der Waals surface area contributed by atoms with Crippen molar-refractivity contribution in [3.05, 3.63) is 0 Å². The van der Waals surface area contributed by atoms with Crippen LogP contribution in [0.15, 0.2) is 0 Å². The summed E-state index contributed by atoms with van der Waals surface area (Å²) < 4.78 is 23.8. The number of nitrogens with one attached hydrogen (secondary N) is 1. The van der Waals surface area contributed by atoms with Crippen LogP contribution in [0.1, 0.15) is 46.0 Å². The number of amides is 1. The van der Waals surface area contributed by atoms with Crippen molar-refractivity contribution in [2.75, 3.05) is 11.5 Å². The molecule has 0 unspecified atom stereocenters. The smallest absolute Gasteiger partial charge is 0.235 e. The molecular weight excluding hydrogens is 286 g/mol. The summed E-state index contributed by atoms with van der Waals surface area (Å²) in [4.78, 5) is 12.1. The van der Waals surface area contributed by atoms with Gasteiger partial charge in [0, 0.05) is 6.04 Å². The quantitative estimate of drug-likeness (QED) is 0.844. The Morgan fingerprint density at radius 2 is 1.86 bits per heavy atom. The SMILES string of the molecule is CC(C)CS(=O)(=O)CC(=O)N[C@@H]1C[C@H]2C[C@H]1[C@H]1CCC[C@@H]21. The monoisotopic (exact) mass is 313 g/mol. The van der Waals surface area contributed by atoms with E-state index in [1.807, 2.05) is 13.8 Å². The first kappa shape index (κ1) is 15.3. The molecule has 1 N–H and O–H groups in total. The normalized spacial score (nSPS) is 38.0. The molecule has 1 amide bonds. The van der Waals surface area contributed by atoms with Crippen LogP contribution >= 0.6 is 0 Å². The van der Waals surface area contributed by atoms with E-state index >= 15 is 0 Å². The van der Waals surface area contributed by atoms with E-state index in [0.717, 1.165) is 24.2 Å². The summed E-state index contributed by atoms with van der Waals surface area (Å²) in [6.07, 6.45) is 6.34. The third-order valence-electron chi connectivity index (χ3n) is 5.71. The van der Waals surface area contributed by atoms with Crippen molar-refractivity contribution in [3.63, 3.8) is 0 Å². The standard InChI is InChI=1S/C16H27NO3S/c1-10(2)8-21(19,20)9-16(18)17-15-7-11-6-14(15)13-5-3-4-12(11)13/h10-15H,3-9H2,1-2H3,(H,17,18)/t11-,12+,13+,14+,15-/m1/s1. The first-order chi connectivity index (χ1) is 9.85. The Kier molecular flexibility index (Phi) is 4.06. The highest BCUT2D eigenvalue weighted by atomic mass is 32.2. The molecule has 0 spiro atoms. The second-order valence-corrected chi connectivity index (χ2v) is 9.89. The zero-order valence-electron chi connectivity index (χ0n) is 13.0. The van der Waals surface area contributed by atoms with Crippen LogP contribution in [0.5, 0.6) is 0 Å². The van der Waals surface area contributed by atoms with Crippen LogP contribution in [0.25, 0.3) is 0 Å². The van der Waals surface area contributed by atoms with E-state index in [1.54, 1.807) is 0 Å². The Bertz CT molecular complexity index is 514. The fourth-order valence-corrected chi connectivity index (χ4v) is 6.87.